The van der Waals surface area contributed by atoms with Gasteiger partial charge in [-0.3, -0.25) is 9.59 Å². The maximum absolute atomic E-state index is 11.9. The lowest BCUT2D eigenvalue weighted by molar-refractivity contribution is -0.117. The molecule has 0 atom stereocenters. The molecule has 0 heterocycles. The summed E-state index contributed by atoms with van der Waals surface area (Å²) in [5.74, 6) is 0.130. The van der Waals surface area contributed by atoms with E-state index in [0.717, 1.165) is 0 Å². The monoisotopic (exact) mass is 377 g/mol. The number of alkyl carbamates (subject to hydrolysis) is 1. The molecule has 0 fully saturated rings. The molecule has 0 unspecified atom stereocenters. The maximum atomic E-state index is 11.9. The molecule has 0 aliphatic heterocycles. The molecule has 27 heavy (non-hydrogen) atoms. The number of hydrogen-bond acceptors (Lipinski definition) is 4. The van der Waals surface area contributed by atoms with Crippen molar-refractivity contribution in [3.8, 4) is 0 Å². The van der Waals surface area contributed by atoms with Crippen molar-refractivity contribution in [2.45, 2.75) is 59.5 Å². The molecule has 0 bridgehead atoms. The van der Waals surface area contributed by atoms with E-state index in [0.29, 0.717) is 36.7 Å². The fourth-order valence-electron chi connectivity index (χ4n) is 2.20. The molecule has 0 aliphatic rings. The van der Waals surface area contributed by atoms with Gasteiger partial charge in [-0.25, -0.2) is 4.79 Å². The zero-order valence-electron chi connectivity index (χ0n) is 16.8. The molecule has 150 valence electrons. The number of anilines is 2. The van der Waals surface area contributed by atoms with Crippen LogP contribution in [-0.2, 0) is 14.3 Å². The van der Waals surface area contributed by atoms with Gasteiger partial charge in [0.05, 0.1) is 0 Å². The highest BCUT2D eigenvalue weighted by Crippen LogP contribution is 2.15. The van der Waals surface area contributed by atoms with E-state index < -0.39 is 11.7 Å². The average Bonchev–Trinajstić information content (AvgIpc) is 2.51. The van der Waals surface area contributed by atoms with Crippen LogP contribution in [0.2, 0.25) is 0 Å². The van der Waals surface area contributed by atoms with E-state index in [-0.39, 0.29) is 18.2 Å². The van der Waals surface area contributed by atoms with Crippen molar-refractivity contribution in [1.29, 1.82) is 0 Å². The predicted molar refractivity (Wildman–Crippen MR) is 107 cm³/mol. The minimum Gasteiger partial charge on any atom is -0.444 e. The summed E-state index contributed by atoms with van der Waals surface area (Å²) < 4.78 is 5.12. The Hall–Kier alpha value is -2.57. The van der Waals surface area contributed by atoms with E-state index in [9.17, 15) is 14.4 Å². The normalized spacial score (nSPS) is 11.0. The smallest absolute Gasteiger partial charge is 0.407 e. The lowest BCUT2D eigenvalue weighted by Gasteiger charge is -2.19. The zero-order valence-corrected chi connectivity index (χ0v) is 16.8. The van der Waals surface area contributed by atoms with Crippen molar-refractivity contribution in [1.82, 2.24) is 5.32 Å². The summed E-state index contributed by atoms with van der Waals surface area (Å²) in [5.41, 5.74) is 0.809. The van der Waals surface area contributed by atoms with E-state index in [1.807, 2.05) is 13.8 Å². The number of carbonyl (C=O) groups is 3. The highest BCUT2D eigenvalue weighted by molar-refractivity contribution is 5.93. The van der Waals surface area contributed by atoms with Crippen LogP contribution in [0.3, 0.4) is 0 Å². The highest BCUT2D eigenvalue weighted by Gasteiger charge is 2.15. The summed E-state index contributed by atoms with van der Waals surface area (Å²) in [4.78, 5) is 35.2. The minimum atomic E-state index is -0.540. The molecule has 0 aromatic heterocycles. The molecule has 0 radical (unpaired) electrons. The summed E-state index contributed by atoms with van der Waals surface area (Å²) >= 11 is 0. The molecular formula is C20H31N3O4. The largest absolute Gasteiger partial charge is 0.444 e. The molecule has 3 amide bonds. The molecule has 1 rings (SSSR count). The summed E-state index contributed by atoms with van der Waals surface area (Å²) in [6.07, 6.45) is 0.769. The van der Waals surface area contributed by atoms with E-state index in [2.05, 4.69) is 16.0 Å². The Morgan fingerprint density at radius 2 is 1.48 bits per heavy atom. The lowest BCUT2D eigenvalue weighted by Crippen LogP contribution is -2.33. The first kappa shape index (κ1) is 22.5. The van der Waals surface area contributed by atoms with Crippen LogP contribution in [0, 0.1) is 5.92 Å². The van der Waals surface area contributed by atoms with Gasteiger partial charge in [0.25, 0.3) is 0 Å². The first-order valence-corrected chi connectivity index (χ1v) is 9.22. The average molecular weight is 377 g/mol. The van der Waals surface area contributed by atoms with E-state index in [4.69, 9.17) is 4.74 Å². The van der Waals surface area contributed by atoms with Gasteiger partial charge < -0.3 is 20.7 Å². The van der Waals surface area contributed by atoms with Crippen LogP contribution >= 0.6 is 0 Å². The molecule has 3 N–H and O–H groups in total. The van der Waals surface area contributed by atoms with Gasteiger partial charge in [-0.1, -0.05) is 13.8 Å². The predicted octanol–water partition coefficient (Wildman–Crippen LogP) is 3.91. The number of nitrogens with one attached hydrogen (secondary N) is 3. The first-order valence-electron chi connectivity index (χ1n) is 9.22. The number of ether oxygens (including phenoxy) is 1. The molecule has 0 spiro atoms. The van der Waals surface area contributed by atoms with Gasteiger partial charge in [-0.15, -0.1) is 0 Å². The summed E-state index contributed by atoms with van der Waals surface area (Å²) in [7, 11) is 0. The van der Waals surface area contributed by atoms with Gasteiger partial charge in [0.1, 0.15) is 5.60 Å². The van der Waals surface area contributed by atoms with E-state index in [1.165, 1.54) is 0 Å². The van der Waals surface area contributed by atoms with Crippen molar-refractivity contribution in [3.05, 3.63) is 24.3 Å². The third kappa shape index (κ3) is 10.9. The number of hydrogen-bond donors (Lipinski definition) is 3. The Balaban J connectivity index is 2.30. The summed E-state index contributed by atoms with van der Waals surface area (Å²) in [5, 5.41) is 8.22. The van der Waals surface area contributed by atoms with Gasteiger partial charge in [0.15, 0.2) is 0 Å². The third-order valence-corrected chi connectivity index (χ3v) is 3.29. The van der Waals surface area contributed by atoms with E-state index >= 15 is 0 Å². The van der Waals surface area contributed by atoms with Crippen LogP contribution < -0.4 is 16.0 Å². The van der Waals surface area contributed by atoms with Gasteiger partial charge >= 0.3 is 6.09 Å². The summed E-state index contributed by atoms with van der Waals surface area (Å²) in [6, 6.07) is 6.97. The number of carbonyl (C=O) groups excluding carboxylic acids is 3. The second-order valence-corrected chi connectivity index (χ2v) is 7.80. The van der Waals surface area contributed by atoms with Crippen LogP contribution in [0.1, 0.15) is 53.9 Å². The van der Waals surface area contributed by atoms with Crippen molar-refractivity contribution in [2.24, 2.45) is 5.92 Å². The molecule has 1 aromatic rings. The van der Waals surface area contributed by atoms with Crippen LogP contribution in [0.15, 0.2) is 24.3 Å². The standard InChI is InChI=1S/C20H31N3O4/c1-14(2)13-18(25)23-16-10-8-15(9-11-16)22-17(24)7-6-12-21-19(26)27-20(3,4)5/h8-11,14H,6-7,12-13H2,1-5H3,(H,21,26)(H,22,24)(H,23,25). The van der Waals surface area contributed by atoms with Crippen LogP contribution in [0.4, 0.5) is 16.2 Å². The molecule has 7 nitrogen and oxygen atoms in total. The lowest BCUT2D eigenvalue weighted by atomic mass is 10.1. The topological polar surface area (TPSA) is 96.5 Å². The molecule has 0 saturated heterocycles. The van der Waals surface area contributed by atoms with Crippen molar-refractivity contribution >= 4 is 29.3 Å². The maximum Gasteiger partial charge on any atom is 0.407 e. The van der Waals surface area contributed by atoms with Gasteiger partial charge in [0, 0.05) is 30.8 Å². The fraction of sp³-hybridized carbons (Fsp3) is 0.550. The summed E-state index contributed by atoms with van der Waals surface area (Å²) in [6.45, 7) is 9.72. The number of rotatable bonds is 8. The molecule has 0 aliphatic carbocycles. The third-order valence-electron chi connectivity index (χ3n) is 3.29. The Morgan fingerprint density at radius 3 is 1.96 bits per heavy atom. The second-order valence-electron chi connectivity index (χ2n) is 7.80. The van der Waals surface area contributed by atoms with Crippen LogP contribution in [0.5, 0.6) is 0 Å². The Bertz CT molecular complexity index is 634. The quantitative estimate of drug-likeness (QED) is 0.598. The molecule has 7 heteroatoms. The molecule has 1 aromatic carbocycles. The first-order chi connectivity index (χ1) is 12.5. The Morgan fingerprint density at radius 1 is 0.963 bits per heavy atom. The Kier molecular flexibility index (Phi) is 8.78. The second kappa shape index (κ2) is 10.5. The fourth-order valence-corrected chi connectivity index (χ4v) is 2.20. The number of amides is 3. The minimum absolute atomic E-state index is 0.0285. The zero-order chi connectivity index (χ0) is 20.4. The van der Waals surface area contributed by atoms with Crippen molar-refractivity contribution < 1.29 is 19.1 Å². The number of benzene rings is 1. The molecular weight excluding hydrogens is 346 g/mol. The van der Waals surface area contributed by atoms with Crippen LogP contribution in [-0.4, -0.2) is 30.1 Å². The SMILES string of the molecule is CC(C)CC(=O)Nc1ccc(NC(=O)CCCNC(=O)OC(C)(C)C)cc1. The van der Waals surface area contributed by atoms with Gasteiger partial charge in [-0.2, -0.15) is 0 Å². The molecule has 0 saturated carbocycles. The van der Waals surface area contributed by atoms with Gasteiger partial charge in [0.2, 0.25) is 11.8 Å². The highest BCUT2D eigenvalue weighted by atomic mass is 16.6. The van der Waals surface area contributed by atoms with Gasteiger partial charge in [-0.05, 0) is 57.4 Å². The van der Waals surface area contributed by atoms with Crippen LogP contribution in [0.25, 0.3) is 0 Å². The van der Waals surface area contributed by atoms with Crippen molar-refractivity contribution in [2.75, 3.05) is 17.2 Å². The van der Waals surface area contributed by atoms with Crippen molar-refractivity contribution in [3.63, 3.8) is 0 Å². The van der Waals surface area contributed by atoms with E-state index in [1.54, 1.807) is 45.0 Å². The Labute approximate surface area is 161 Å².